The van der Waals surface area contributed by atoms with Crippen LogP contribution in [0.3, 0.4) is 0 Å². The van der Waals surface area contributed by atoms with Crippen LogP contribution in [0.15, 0.2) is 17.6 Å². The molecule has 0 saturated carbocycles. The number of nitrogens with one attached hydrogen (secondary N) is 1. The van der Waals surface area contributed by atoms with Crippen molar-refractivity contribution in [1.29, 1.82) is 0 Å². The maximum atomic E-state index is 12.2. The van der Waals surface area contributed by atoms with Gasteiger partial charge in [-0.25, -0.2) is 0 Å². The van der Waals surface area contributed by atoms with E-state index in [4.69, 9.17) is 0 Å². The monoisotopic (exact) mass is 256 g/mol. The number of hydrogen-bond acceptors (Lipinski definition) is 6. The molecular weight excluding hydrogens is 240 g/mol. The van der Waals surface area contributed by atoms with Gasteiger partial charge < -0.3 is 10.0 Å². The van der Waals surface area contributed by atoms with E-state index in [1.807, 2.05) is 0 Å². The van der Waals surface area contributed by atoms with Gasteiger partial charge in [-0.05, 0) is 6.92 Å². The van der Waals surface area contributed by atoms with Crippen molar-refractivity contribution in [3.63, 3.8) is 0 Å². The van der Waals surface area contributed by atoms with Gasteiger partial charge in [-0.15, -0.1) is 0 Å². The molecule has 100 valence electrons. The van der Waals surface area contributed by atoms with Gasteiger partial charge in [0.25, 0.3) is 11.8 Å². The van der Waals surface area contributed by atoms with Crippen LogP contribution >= 0.6 is 0 Å². The highest BCUT2D eigenvalue weighted by Crippen LogP contribution is 2.25. The standard InChI is InChI=1S/C10H16N4O4/c1-6(11-18-5)10(12-17)8(15)13(3)7(2)14(4)9(10)16/h12,17H,2H2,1,3-5H3/b11-6+. The quantitative estimate of drug-likeness (QED) is 0.389. The Hall–Kier alpha value is -1.93. The number of oxime groups is 1. The number of nitrogens with zero attached hydrogens (tertiary/aromatic N) is 3. The van der Waals surface area contributed by atoms with Crippen LogP contribution < -0.4 is 5.48 Å². The molecule has 1 aliphatic heterocycles. The van der Waals surface area contributed by atoms with Gasteiger partial charge in [0.05, 0.1) is 5.71 Å². The largest absolute Gasteiger partial charge is 0.399 e. The van der Waals surface area contributed by atoms with Crippen LogP contribution in [-0.4, -0.2) is 59.3 Å². The number of rotatable bonds is 3. The van der Waals surface area contributed by atoms with Gasteiger partial charge >= 0.3 is 0 Å². The van der Waals surface area contributed by atoms with E-state index in [0.717, 1.165) is 9.80 Å². The lowest BCUT2D eigenvalue weighted by Crippen LogP contribution is -2.72. The number of likely N-dealkylation sites (N-methyl/N-ethyl adjacent to an activating group) is 2. The van der Waals surface area contributed by atoms with Gasteiger partial charge in [-0.2, -0.15) is 5.48 Å². The van der Waals surface area contributed by atoms with Gasteiger partial charge in [-0.1, -0.05) is 11.7 Å². The molecule has 1 saturated heterocycles. The van der Waals surface area contributed by atoms with Crippen LogP contribution in [0.4, 0.5) is 0 Å². The third-order valence-electron chi connectivity index (χ3n) is 2.96. The molecule has 1 heterocycles. The maximum Gasteiger partial charge on any atom is 0.266 e. The zero-order chi connectivity index (χ0) is 14.1. The topological polar surface area (TPSA) is 94.5 Å². The summed E-state index contributed by atoms with van der Waals surface area (Å²) in [4.78, 5) is 31.3. The van der Waals surface area contributed by atoms with Gasteiger partial charge in [-0.3, -0.25) is 19.4 Å². The van der Waals surface area contributed by atoms with Gasteiger partial charge in [0.2, 0.25) is 5.54 Å². The summed E-state index contributed by atoms with van der Waals surface area (Å²) in [6, 6.07) is 0. The van der Waals surface area contributed by atoms with Crippen molar-refractivity contribution in [2.45, 2.75) is 12.5 Å². The first kappa shape index (κ1) is 14.1. The molecule has 8 nitrogen and oxygen atoms in total. The fraction of sp³-hybridized carbons (Fsp3) is 0.500. The second-order valence-corrected chi connectivity index (χ2v) is 3.87. The van der Waals surface area contributed by atoms with E-state index < -0.39 is 17.4 Å². The molecule has 2 amide bonds. The molecule has 0 spiro atoms. The Morgan fingerprint density at radius 1 is 1.39 bits per heavy atom. The molecule has 0 radical (unpaired) electrons. The molecule has 0 bridgehead atoms. The van der Waals surface area contributed by atoms with Crippen LogP contribution in [-0.2, 0) is 14.4 Å². The molecule has 0 aromatic carbocycles. The fourth-order valence-electron chi connectivity index (χ4n) is 1.75. The van der Waals surface area contributed by atoms with Gasteiger partial charge in [0, 0.05) is 14.1 Å². The minimum Gasteiger partial charge on any atom is -0.399 e. The van der Waals surface area contributed by atoms with Crippen LogP contribution in [0.2, 0.25) is 0 Å². The lowest BCUT2D eigenvalue weighted by atomic mass is 9.89. The Labute approximate surface area is 104 Å². The van der Waals surface area contributed by atoms with Crippen molar-refractivity contribution in [1.82, 2.24) is 15.3 Å². The average Bonchev–Trinajstić information content (AvgIpc) is 2.36. The molecule has 0 aromatic rings. The van der Waals surface area contributed by atoms with Gasteiger partial charge in [0.1, 0.15) is 12.9 Å². The summed E-state index contributed by atoms with van der Waals surface area (Å²) in [7, 11) is 4.16. The molecule has 1 rings (SSSR count). The second-order valence-electron chi connectivity index (χ2n) is 3.87. The second kappa shape index (κ2) is 4.75. The van der Waals surface area contributed by atoms with E-state index in [-0.39, 0.29) is 11.5 Å². The summed E-state index contributed by atoms with van der Waals surface area (Å²) >= 11 is 0. The van der Waals surface area contributed by atoms with E-state index in [0.29, 0.717) is 0 Å². The highest BCUT2D eigenvalue weighted by Gasteiger charge is 2.56. The summed E-state index contributed by atoms with van der Waals surface area (Å²) in [5.41, 5.74) is -0.243. The highest BCUT2D eigenvalue weighted by atomic mass is 16.6. The first-order chi connectivity index (χ1) is 8.34. The summed E-state index contributed by atoms with van der Waals surface area (Å²) in [6.45, 7) is 5.01. The number of amides is 2. The predicted octanol–water partition coefficient (Wildman–Crippen LogP) is -0.872. The molecular formula is C10H16N4O4. The average molecular weight is 256 g/mol. The van der Waals surface area contributed by atoms with Crippen LogP contribution in [0, 0.1) is 0 Å². The van der Waals surface area contributed by atoms with E-state index in [2.05, 4.69) is 16.6 Å². The lowest BCUT2D eigenvalue weighted by molar-refractivity contribution is -0.155. The van der Waals surface area contributed by atoms with Crippen molar-refractivity contribution in [3.05, 3.63) is 12.4 Å². The minimum absolute atomic E-state index is 0.00583. The molecule has 2 N–H and O–H groups in total. The van der Waals surface area contributed by atoms with Crippen LogP contribution in [0.25, 0.3) is 0 Å². The smallest absolute Gasteiger partial charge is 0.266 e. The van der Waals surface area contributed by atoms with Crippen molar-refractivity contribution < 1.29 is 19.6 Å². The Kier molecular flexibility index (Phi) is 3.73. The summed E-state index contributed by atoms with van der Waals surface area (Å²) in [5, 5.41) is 12.8. The molecule has 1 aliphatic rings. The summed E-state index contributed by atoms with van der Waals surface area (Å²) in [6.07, 6.45) is 0. The normalized spacial score (nSPS) is 20.5. The Morgan fingerprint density at radius 2 is 1.83 bits per heavy atom. The minimum atomic E-state index is -1.99. The van der Waals surface area contributed by atoms with Gasteiger partial charge in [0.15, 0.2) is 0 Å². The summed E-state index contributed by atoms with van der Waals surface area (Å²) < 4.78 is 0. The maximum absolute atomic E-state index is 12.2. The van der Waals surface area contributed by atoms with E-state index in [1.165, 1.54) is 28.1 Å². The van der Waals surface area contributed by atoms with Crippen molar-refractivity contribution >= 4 is 17.5 Å². The third kappa shape index (κ3) is 1.66. The predicted molar refractivity (Wildman–Crippen MR) is 62.5 cm³/mol. The number of carbonyl (C=O) groups excluding carboxylic acids is 2. The lowest BCUT2D eigenvalue weighted by Gasteiger charge is -2.42. The zero-order valence-electron chi connectivity index (χ0n) is 10.7. The van der Waals surface area contributed by atoms with Crippen LogP contribution in [0.5, 0.6) is 0 Å². The highest BCUT2D eigenvalue weighted by molar-refractivity contribution is 6.30. The summed E-state index contributed by atoms with van der Waals surface area (Å²) in [5.74, 6) is -1.16. The SMILES string of the molecule is C=C1N(C)C(=O)C(NO)(/C(C)=N/OC)C(=O)N1C. The molecule has 18 heavy (non-hydrogen) atoms. The first-order valence-electron chi connectivity index (χ1n) is 5.09. The van der Waals surface area contributed by atoms with E-state index >= 15 is 0 Å². The Balaban J connectivity index is 3.41. The fourth-order valence-corrected chi connectivity index (χ4v) is 1.75. The van der Waals surface area contributed by atoms with E-state index in [1.54, 1.807) is 5.48 Å². The molecule has 0 unspecified atom stereocenters. The van der Waals surface area contributed by atoms with Crippen molar-refractivity contribution in [3.8, 4) is 0 Å². The zero-order valence-corrected chi connectivity index (χ0v) is 10.7. The van der Waals surface area contributed by atoms with Crippen molar-refractivity contribution in [2.75, 3.05) is 21.2 Å². The molecule has 8 heteroatoms. The molecule has 0 atom stereocenters. The number of hydrogen-bond donors (Lipinski definition) is 2. The Morgan fingerprint density at radius 3 is 2.17 bits per heavy atom. The number of carbonyl (C=O) groups is 2. The first-order valence-corrected chi connectivity index (χ1v) is 5.09. The molecule has 0 aliphatic carbocycles. The molecule has 0 aromatic heterocycles. The van der Waals surface area contributed by atoms with Crippen LogP contribution in [0.1, 0.15) is 6.92 Å². The van der Waals surface area contributed by atoms with E-state index in [9.17, 15) is 14.8 Å². The van der Waals surface area contributed by atoms with Crippen molar-refractivity contribution in [2.24, 2.45) is 5.16 Å². The Bertz CT molecular complexity index is 408. The third-order valence-corrected chi connectivity index (χ3v) is 2.96. The molecule has 1 fully saturated rings. The number of hydroxylamine groups is 1.